The van der Waals surface area contributed by atoms with E-state index in [1.807, 2.05) is 25.1 Å². The molecule has 20 heavy (non-hydrogen) atoms. The summed E-state index contributed by atoms with van der Waals surface area (Å²) in [6.07, 6.45) is 0. The molecular formula is C16H16ClFO2. The van der Waals surface area contributed by atoms with Crippen LogP contribution in [-0.2, 0) is 12.5 Å². The van der Waals surface area contributed by atoms with E-state index in [1.165, 1.54) is 7.11 Å². The van der Waals surface area contributed by atoms with Gasteiger partial charge in [0.2, 0.25) is 0 Å². The summed E-state index contributed by atoms with van der Waals surface area (Å²) in [6, 6.07) is 10.8. The molecule has 0 heterocycles. The highest BCUT2D eigenvalue weighted by atomic mass is 35.5. The Morgan fingerprint density at radius 3 is 2.50 bits per heavy atom. The Bertz CT molecular complexity index is 599. The van der Waals surface area contributed by atoms with Crippen LogP contribution in [0.25, 0.3) is 0 Å². The summed E-state index contributed by atoms with van der Waals surface area (Å²) in [7, 11) is 1.44. The van der Waals surface area contributed by atoms with Crippen LogP contribution in [-0.4, -0.2) is 7.11 Å². The highest BCUT2D eigenvalue weighted by Gasteiger charge is 2.11. The summed E-state index contributed by atoms with van der Waals surface area (Å²) in [5, 5.41) is 0. The van der Waals surface area contributed by atoms with Crippen LogP contribution in [0.15, 0.2) is 36.4 Å². The summed E-state index contributed by atoms with van der Waals surface area (Å²) in [5.74, 6) is 0.895. The molecule has 2 aromatic carbocycles. The molecule has 2 rings (SSSR count). The van der Waals surface area contributed by atoms with E-state index in [0.717, 1.165) is 11.1 Å². The predicted octanol–water partition coefficient (Wildman–Crippen LogP) is 4.46. The van der Waals surface area contributed by atoms with Crippen LogP contribution in [0.3, 0.4) is 0 Å². The monoisotopic (exact) mass is 294 g/mol. The first-order valence-electron chi connectivity index (χ1n) is 6.26. The molecule has 106 valence electrons. The van der Waals surface area contributed by atoms with Gasteiger partial charge >= 0.3 is 0 Å². The Hall–Kier alpha value is -1.74. The van der Waals surface area contributed by atoms with Gasteiger partial charge in [-0.15, -0.1) is 11.6 Å². The zero-order valence-electron chi connectivity index (χ0n) is 11.5. The van der Waals surface area contributed by atoms with Crippen LogP contribution in [0.4, 0.5) is 4.39 Å². The van der Waals surface area contributed by atoms with Crippen LogP contribution in [0.1, 0.15) is 16.7 Å². The predicted molar refractivity (Wildman–Crippen MR) is 78.0 cm³/mol. The number of methoxy groups -OCH3 is 1. The van der Waals surface area contributed by atoms with E-state index in [2.05, 4.69) is 0 Å². The molecule has 0 bridgehead atoms. The van der Waals surface area contributed by atoms with Crippen LogP contribution in [0.2, 0.25) is 0 Å². The number of benzene rings is 2. The van der Waals surface area contributed by atoms with E-state index in [-0.39, 0.29) is 12.4 Å². The van der Waals surface area contributed by atoms with E-state index in [9.17, 15) is 4.39 Å². The van der Waals surface area contributed by atoms with Crippen molar-refractivity contribution in [2.24, 2.45) is 0 Å². The highest BCUT2D eigenvalue weighted by molar-refractivity contribution is 6.17. The van der Waals surface area contributed by atoms with Gasteiger partial charge in [-0.1, -0.05) is 30.3 Å². The first-order valence-corrected chi connectivity index (χ1v) is 6.79. The molecule has 2 aromatic rings. The maximum absolute atomic E-state index is 14.0. The maximum Gasteiger partial charge on any atom is 0.171 e. The van der Waals surface area contributed by atoms with Gasteiger partial charge in [0.15, 0.2) is 11.6 Å². The van der Waals surface area contributed by atoms with Crippen LogP contribution in [0.5, 0.6) is 11.5 Å². The molecule has 0 N–H and O–H groups in total. The van der Waals surface area contributed by atoms with Crippen molar-refractivity contribution >= 4 is 11.6 Å². The molecule has 0 saturated carbocycles. The fourth-order valence-electron chi connectivity index (χ4n) is 2.00. The first kappa shape index (κ1) is 14.7. The van der Waals surface area contributed by atoms with Gasteiger partial charge in [0.05, 0.1) is 13.0 Å². The third-order valence-corrected chi connectivity index (χ3v) is 3.36. The highest BCUT2D eigenvalue weighted by Crippen LogP contribution is 2.27. The summed E-state index contributed by atoms with van der Waals surface area (Å²) < 4.78 is 24.7. The number of para-hydroxylation sites is 1. The lowest BCUT2D eigenvalue weighted by molar-refractivity contribution is 0.291. The lowest BCUT2D eigenvalue weighted by Crippen LogP contribution is -2.03. The second-order valence-corrected chi connectivity index (χ2v) is 4.69. The Labute approximate surface area is 123 Å². The molecule has 0 aliphatic heterocycles. The minimum absolute atomic E-state index is 0.137. The van der Waals surface area contributed by atoms with Gasteiger partial charge < -0.3 is 9.47 Å². The minimum atomic E-state index is -0.393. The lowest BCUT2D eigenvalue weighted by atomic mass is 10.1. The van der Waals surface area contributed by atoms with E-state index >= 15 is 0 Å². The summed E-state index contributed by atoms with van der Waals surface area (Å²) in [4.78, 5) is 0. The molecule has 0 unspecified atom stereocenters. The maximum atomic E-state index is 14.0. The molecule has 0 spiro atoms. The third-order valence-electron chi connectivity index (χ3n) is 3.07. The van der Waals surface area contributed by atoms with Crippen molar-refractivity contribution in [2.45, 2.75) is 19.4 Å². The fourth-order valence-corrected chi connectivity index (χ4v) is 2.21. The Kier molecular flexibility index (Phi) is 4.85. The average Bonchev–Trinajstić information content (AvgIpc) is 2.47. The number of halogens is 2. The van der Waals surface area contributed by atoms with Gasteiger partial charge in [0.25, 0.3) is 0 Å². The number of hydrogen-bond acceptors (Lipinski definition) is 2. The van der Waals surface area contributed by atoms with Crippen molar-refractivity contribution in [3.63, 3.8) is 0 Å². The molecule has 0 radical (unpaired) electrons. The number of ether oxygens (including phenoxy) is 2. The Balaban J connectivity index is 2.21. The topological polar surface area (TPSA) is 18.5 Å². The lowest BCUT2D eigenvalue weighted by Gasteiger charge is -2.14. The summed E-state index contributed by atoms with van der Waals surface area (Å²) >= 11 is 5.89. The smallest absolute Gasteiger partial charge is 0.171 e. The van der Waals surface area contributed by atoms with Crippen molar-refractivity contribution < 1.29 is 13.9 Å². The van der Waals surface area contributed by atoms with Gasteiger partial charge in [0, 0.05) is 11.1 Å². The average molecular weight is 295 g/mol. The molecule has 0 saturated heterocycles. The van der Waals surface area contributed by atoms with Crippen molar-refractivity contribution in [3.8, 4) is 11.5 Å². The molecule has 4 heteroatoms. The zero-order chi connectivity index (χ0) is 14.5. The second kappa shape index (κ2) is 6.62. The number of aryl methyl sites for hydroxylation is 1. The number of hydrogen-bond donors (Lipinski definition) is 0. The van der Waals surface area contributed by atoms with Crippen molar-refractivity contribution in [3.05, 3.63) is 58.9 Å². The van der Waals surface area contributed by atoms with Gasteiger partial charge in [-0.25, -0.2) is 4.39 Å². The molecule has 0 aliphatic rings. The quantitative estimate of drug-likeness (QED) is 0.758. The van der Waals surface area contributed by atoms with Crippen molar-refractivity contribution in [2.75, 3.05) is 7.11 Å². The summed E-state index contributed by atoms with van der Waals surface area (Å²) in [6.45, 7) is 2.07. The molecule has 0 aromatic heterocycles. The zero-order valence-corrected chi connectivity index (χ0v) is 12.2. The fraction of sp³-hybridized carbons (Fsp3) is 0.250. The second-order valence-electron chi connectivity index (χ2n) is 4.42. The van der Waals surface area contributed by atoms with Gasteiger partial charge in [0.1, 0.15) is 12.4 Å². The molecule has 0 amide bonds. The van der Waals surface area contributed by atoms with E-state index in [4.69, 9.17) is 21.1 Å². The van der Waals surface area contributed by atoms with Gasteiger partial charge in [-0.3, -0.25) is 0 Å². The van der Waals surface area contributed by atoms with Crippen LogP contribution >= 0.6 is 11.6 Å². The first-order chi connectivity index (χ1) is 9.67. The van der Waals surface area contributed by atoms with E-state index < -0.39 is 5.82 Å². The molecule has 2 nitrogen and oxygen atoms in total. The largest absolute Gasteiger partial charge is 0.494 e. The van der Waals surface area contributed by atoms with Crippen LogP contribution in [0, 0.1) is 12.7 Å². The van der Waals surface area contributed by atoms with E-state index in [1.54, 1.807) is 18.2 Å². The Morgan fingerprint density at radius 2 is 1.80 bits per heavy atom. The number of alkyl halides is 1. The third kappa shape index (κ3) is 3.05. The number of rotatable bonds is 5. The van der Waals surface area contributed by atoms with Gasteiger partial charge in [-0.2, -0.15) is 0 Å². The van der Waals surface area contributed by atoms with E-state index in [0.29, 0.717) is 17.2 Å². The molecule has 0 atom stereocenters. The molecule has 0 aliphatic carbocycles. The van der Waals surface area contributed by atoms with Gasteiger partial charge in [-0.05, 0) is 18.6 Å². The van der Waals surface area contributed by atoms with Crippen LogP contribution < -0.4 is 9.47 Å². The SMILES string of the molecule is COc1cccc(COc2c(C)cccc2CCl)c1F. The minimum Gasteiger partial charge on any atom is -0.494 e. The van der Waals surface area contributed by atoms with Crippen molar-refractivity contribution in [1.29, 1.82) is 0 Å². The molecular weight excluding hydrogens is 279 g/mol. The molecule has 0 fully saturated rings. The summed E-state index contributed by atoms with van der Waals surface area (Å²) in [5.41, 5.74) is 2.33. The van der Waals surface area contributed by atoms with Crippen molar-refractivity contribution in [1.82, 2.24) is 0 Å². The Morgan fingerprint density at radius 1 is 1.10 bits per heavy atom. The standard InChI is InChI=1S/C16H16ClFO2/c1-11-5-3-6-12(9-17)16(11)20-10-13-7-4-8-14(19-2)15(13)18/h3-8H,9-10H2,1-2H3. The normalized spacial score (nSPS) is 10.4.